The lowest BCUT2D eigenvalue weighted by Gasteiger charge is -2.33. The standard InChI is InChI=1S/C17H17N7O3/c25-16(19-12-2-3-13-14(9-12)21-22-20-13)11-1-4-15(18-10-11)23-5-7-24(8-6-23)17(26)27/h1-4,9-10H,5-8H2,(H,19,25)(H,26,27)(H,20,21,22). The van der Waals surface area contributed by atoms with Crippen LogP contribution in [0.4, 0.5) is 16.3 Å². The van der Waals surface area contributed by atoms with Crippen molar-refractivity contribution in [3.8, 4) is 0 Å². The van der Waals surface area contributed by atoms with E-state index in [1.165, 1.54) is 11.1 Å². The second-order valence-electron chi connectivity index (χ2n) is 6.14. The molecule has 1 aliphatic heterocycles. The number of hydrogen-bond acceptors (Lipinski definition) is 6. The van der Waals surface area contributed by atoms with Gasteiger partial charge in [-0.25, -0.2) is 9.78 Å². The Hall–Kier alpha value is -3.69. The molecule has 4 rings (SSSR count). The van der Waals surface area contributed by atoms with Gasteiger partial charge in [-0.2, -0.15) is 15.4 Å². The summed E-state index contributed by atoms with van der Waals surface area (Å²) in [6.45, 7) is 2.01. The molecule has 1 saturated heterocycles. The summed E-state index contributed by atoms with van der Waals surface area (Å²) in [6.07, 6.45) is 0.613. The van der Waals surface area contributed by atoms with Crippen LogP contribution in [0.15, 0.2) is 36.5 Å². The van der Waals surface area contributed by atoms with Gasteiger partial charge in [0.2, 0.25) is 0 Å². The highest BCUT2D eigenvalue weighted by molar-refractivity contribution is 6.04. The first-order valence-electron chi connectivity index (χ1n) is 8.41. The van der Waals surface area contributed by atoms with Gasteiger partial charge < -0.3 is 20.2 Å². The van der Waals surface area contributed by atoms with Gasteiger partial charge in [0.25, 0.3) is 5.91 Å². The van der Waals surface area contributed by atoms with Gasteiger partial charge in [-0.1, -0.05) is 0 Å². The average molecular weight is 367 g/mol. The van der Waals surface area contributed by atoms with E-state index in [9.17, 15) is 9.59 Å². The van der Waals surface area contributed by atoms with Crippen molar-refractivity contribution < 1.29 is 14.7 Å². The molecule has 0 radical (unpaired) electrons. The van der Waals surface area contributed by atoms with Crippen molar-refractivity contribution in [1.82, 2.24) is 25.3 Å². The Labute approximate surface area is 153 Å². The zero-order chi connectivity index (χ0) is 18.8. The molecule has 10 nitrogen and oxygen atoms in total. The number of hydrogen-bond donors (Lipinski definition) is 3. The fourth-order valence-corrected chi connectivity index (χ4v) is 2.96. The lowest BCUT2D eigenvalue weighted by Crippen LogP contribution is -2.48. The van der Waals surface area contributed by atoms with Crippen LogP contribution in [0.2, 0.25) is 0 Å². The molecule has 3 heterocycles. The second-order valence-corrected chi connectivity index (χ2v) is 6.14. The van der Waals surface area contributed by atoms with Crippen LogP contribution < -0.4 is 10.2 Å². The molecule has 0 unspecified atom stereocenters. The van der Waals surface area contributed by atoms with E-state index >= 15 is 0 Å². The number of aromatic amines is 1. The number of rotatable bonds is 3. The third-order valence-corrected chi connectivity index (χ3v) is 4.46. The molecular weight excluding hydrogens is 350 g/mol. The number of aromatic nitrogens is 4. The maximum Gasteiger partial charge on any atom is 0.407 e. The summed E-state index contributed by atoms with van der Waals surface area (Å²) >= 11 is 0. The van der Waals surface area contributed by atoms with Crippen molar-refractivity contribution >= 4 is 34.5 Å². The molecule has 2 aromatic heterocycles. The fraction of sp³-hybridized carbons (Fsp3) is 0.235. The van der Waals surface area contributed by atoms with Gasteiger partial charge in [0.05, 0.1) is 5.56 Å². The molecule has 2 amide bonds. The minimum absolute atomic E-state index is 0.271. The Kier molecular flexibility index (Phi) is 4.29. The zero-order valence-electron chi connectivity index (χ0n) is 14.3. The molecule has 138 valence electrons. The second kappa shape index (κ2) is 6.90. The smallest absolute Gasteiger partial charge is 0.407 e. The van der Waals surface area contributed by atoms with Crippen molar-refractivity contribution in [2.24, 2.45) is 0 Å². The zero-order valence-corrected chi connectivity index (χ0v) is 14.3. The van der Waals surface area contributed by atoms with Crippen molar-refractivity contribution in [3.63, 3.8) is 0 Å². The van der Waals surface area contributed by atoms with Crippen LogP contribution in [-0.4, -0.2) is 68.6 Å². The van der Waals surface area contributed by atoms with Crippen LogP contribution in [0.3, 0.4) is 0 Å². The Morgan fingerprint density at radius 1 is 1.04 bits per heavy atom. The molecule has 0 bridgehead atoms. The van der Waals surface area contributed by atoms with Crippen LogP contribution in [0.25, 0.3) is 11.0 Å². The lowest BCUT2D eigenvalue weighted by molar-refractivity contribution is 0.102. The summed E-state index contributed by atoms with van der Waals surface area (Å²) in [5, 5.41) is 22.3. The van der Waals surface area contributed by atoms with Gasteiger partial charge in [-0.05, 0) is 30.3 Å². The number of benzene rings is 1. The minimum atomic E-state index is -0.904. The molecule has 10 heteroatoms. The SMILES string of the molecule is O=C(Nc1ccc2n[nH]nc2c1)c1ccc(N2CCN(C(=O)O)CC2)nc1. The van der Waals surface area contributed by atoms with E-state index in [1.807, 2.05) is 4.90 Å². The Morgan fingerprint density at radius 2 is 1.81 bits per heavy atom. The van der Waals surface area contributed by atoms with E-state index in [2.05, 4.69) is 25.7 Å². The first-order chi connectivity index (χ1) is 13.1. The molecule has 1 fully saturated rings. The van der Waals surface area contributed by atoms with Gasteiger partial charge in [-0.3, -0.25) is 4.79 Å². The van der Waals surface area contributed by atoms with Crippen LogP contribution in [-0.2, 0) is 0 Å². The van der Waals surface area contributed by atoms with Crippen LogP contribution in [0.1, 0.15) is 10.4 Å². The number of carbonyl (C=O) groups excluding carboxylic acids is 1. The van der Waals surface area contributed by atoms with Crippen molar-refractivity contribution in [2.75, 3.05) is 36.4 Å². The largest absolute Gasteiger partial charge is 0.465 e. The van der Waals surface area contributed by atoms with Gasteiger partial charge in [0.1, 0.15) is 16.9 Å². The molecule has 0 aliphatic carbocycles. The minimum Gasteiger partial charge on any atom is -0.465 e. The monoisotopic (exact) mass is 367 g/mol. The normalized spacial score (nSPS) is 14.4. The van der Waals surface area contributed by atoms with E-state index in [1.54, 1.807) is 30.3 Å². The van der Waals surface area contributed by atoms with E-state index < -0.39 is 6.09 Å². The maximum atomic E-state index is 12.4. The molecule has 0 spiro atoms. The number of carboxylic acid groups (broad SMARTS) is 1. The Morgan fingerprint density at radius 3 is 2.52 bits per heavy atom. The van der Waals surface area contributed by atoms with Gasteiger partial charge in [-0.15, -0.1) is 0 Å². The molecule has 0 saturated carbocycles. The average Bonchev–Trinajstić information content (AvgIpc) is 3.16. The summed E-state index contributed by atoms with van der Waals surface area (Å²) < 4.78 is 0. The Bertz CT molecular complexity index is 978. The van der Waals surface area contributed by atoms with Crippen molar-refractivity contribution in [1.29, 1.82) is 0 Å². The van der Waals surface area contributed by atoms with E-state index in [0.29, 0.717) is 42.9 Å². The highest BCUT2D eigenvalue weighted by atomic mass is 16.4. The lowest BCUT2D eigenvalue weighted by atomic mass is 10.2. The summed E-state index contributed by atoms with van der Waals surface area (Å²) in [5.74, 6) is 0.452. The van der Waals surface area contributed by atoms with E-state index in [4.69, 9.17) is 5.11 Å². The summed E-state index contributed by atoms with van der Waals surface area (Å²) in [7, 11) is 0. The number of anilines is 2. The highest BCUT2D eigenvalue weighted by Crippen LogP contribution is 2.17. The first kappa shape index (κ1) is 16.8. The van der Waals surface area contributed by atoms with Gasteiger partial charge in [0.15, 0.2) is 0 Å². The molecule has 0 atom stereocenters. The van der Waals surface area contributed by atoms with E-state index in [-0.39, 0.29) is 5.91 Å². The summed E-state index contributed by atoms with van der Waals surface area (Å²) in [5.41, 5.74) is 2.45. The van der Waals surface area contributed by atoms with E-state index in [0.717, 1.165) is 11.3 Å². The van der Waals surface area contributed by atoms with Crippen molar-refractivity contribution in [3.05, 3.63) is 42.1 Å². The molecule has 1 aliphatic rings. The van der Waals surface area contributed by atoms with Gasteiger partial charge in [0, 0.05) is 38.1 Å². The predicted octanol–water partition coefficient (Wildman–Crippen LogP) is 1.41. The number of nitrogens with zero attached hydrogens (tertiary/aromatic N) is 5. The number of H-pyrrole nitrogens is 1. The number of piperazine rings is 1. The number of fused-ring (bicyclic) bond motifs is 1. The number of pyridine rings is 1. The topological polar surface area (TPSA) is 127 Å². The van der Waals surface area contributed by atoms with Crippen molar-refractivity contribution in [2.45, 2.75) is 0 Å². The maximum absolute atomic E-state index is 12.4. The summed E-state index contributed by atoms with van der Waals surface area (Å²) in [6, 6.07) is 8.74. The Balaban J connectivity index is 1.41. The fourth-order valence-electron chi connectivity index (χ4n) is 2.96. The van der Waals surface area contributed by atoms with Crippen LogP contribution in [0, 0.1) is 0 Å². The quantitative estimate of drug-likeness (QED) is 0.638. The first-order valence-corrected chi connectivity index (χ1v) is 8.41. The van der Waals surface area contributed by atoms with Crippen LogP contribution >= 0.6 is 0 Å². The highest BCUT2D eigenvalue weighted by Gasteiger charge is 2.21. The number of nitrogens with one attached hydrogen (secondary N) is 2. The summed E-state index contributed by atoms with van der Waals surface area (Å²) in [4.78, 5) is 31.1. The molecule has 27 heavy (non-hydrogen) atoms. The van der Waals surface area contributed by atoms with Gasteiger partial charge >= 0.3 is 6.09 Å². The number of carbonyl (C=O) groups is 2. The molecule has 3 N–H and O–H groups in total. The van der Waals surface area contributed by atoms with Crippen LogP contribution in [0.5, 0.6) is 0 Å². The third-order valence-electron chi connectivity index (χ3n) is 4.46. The predicted molar refractivity (Wildman–Crippen MR) is 97.9 cm³/mol. The molecule has 1 aromatic carbocycles. The molecular formula is C17H17N7O3. The third kappa shape index (κ3) is 3.50. The molecule has 3 aromatic rings. The number of amides is 2.